The van der Waals surface area contributed by atoms with Crippen molar-refractivity contribution in [1.82, 2.24) is 25.1 Å². The third-order valence-electron chi connectivity index (χ3n) is 7.84. The zero-order chi connectivity index (χ0) is 33.5. The molecule has 11 nitrogen and oxygen atoms in total. The molecule has 0 spiro atoms. The minimum absolute atomic E-state index is 0.0522. The van der Waals surface area contributed by atoms with Crippen molar-refractivity contribution in [2.45, 2.75) is 30.7 Å². The highest BCUT2D eigenvalue weighted by Crippen LogP contribution is 2.42. The maximum atomic E-state index is 14.0. The molecule has 2 amide bonds. The number of nitrogens with one attached hydrogen (secondary N) is 1. The van der Waals surface area contributed by atoms with E-state index in [-0.39, 0.29) is 24.1 Å². The van der Waals surface area contributed by atoms with Gasteiger partial charge in [-0.25, -0.2) is 5.01 Å². The average Bonchev–Trinajstić information content (AvgIpc) is 3.91. The summed E-state index contributed by atoms with van der Waals surface area (Å²) in [5.41, 5.74) is 3.48. The van der Waals surface area contributed by atoms with Crippen molar-refractivity contribution in [3.8, 4) is 17.2 Å². The quantitative estimate of drug-likeness (QED) is 0.155. The van der Waals surface area contributed by atoms with Crippen molar-refractivity contribution in [1.29, 1.82) is 0 Å². The van der Waals surface area contributed by atoms with Crippen molar-refractivity contribution in [2.75, 3.05) is 27.1 Å². The number of hydrogen-bond donors (Lipinski definition) is 1. The second-order valence-corrected chi connectivity index (χ2v) is 12.6. The van der Waals surface area contributed by atoms with E-state index in [0.717, 1.165) is 28.2 Å². The smallest absolute Gasteiger partial charge is 0.261 e. The summed E-state index contributed by atoms with van der Waals surface area (Å²) in [6.45, 7) is 0.659. The van der Waals surface area contributed by atoms with Gasteiger partial charge in [0.2, 0.25) is 0 Å². The zero-order valence-corrected chi connectivity index (χ0v) is 28.3. The summed E-state index contributed by atoms with van der Waals surface area (Å²) >= 11 is 2.65. The Morgan fingerprint density at radius 1 is 0.917 bits per heavy atom. The third-order valence-corrected chi connectivity index (χ3v) is 9.66. The molecule has 6 rings (SSSR count). The fraction of sp³-hybridized carbons (Fsp3) is 0.229. The highest BCUT2D eigenvalue weighted by atomic mass is 32.2. The number of hydrazone groups is 1. The zero-order valence-electron chi connectivity index (χ0n) is 26.7. The SMILES string of the molecule is COc1ccc(C2=NN(C(=O)CSc3nnc(CNC(=O)c4cccs4)n3Cc3ccccc3)[C@H](c3cccc(OC)c3OC)C2)cc1. The van der Waals surface area contributed by atoms with E-state index in [1.54, 1.807) is 27.4 Å². The van der Waals surface area contributed by atoms with Crippen molar-refractivity contribution in [3.63, 3.8) is 0 Å². The second kappa shape index (κ2) is 15.2. The van der Waals surface area contributed by atoms with Crippen LogP contribution < -0.4 is 19.5 Å². The molecular formula is C35H34N6O5S2. The van der Waals surface area contributed by atoms with E-state index in [0.29, 0.717) is 40.3 Å². The van der Waals surface area contributed by atoms with Gasteiger partial charge >= 0.3 is 0 Å². The van der Waals surface area contributed by atoms with Gasteiger partial charge in [0, 0.05) is 12.0 Å². The summed E-state index contributed by atoms with van der Waals surface area (Å²) in [6, 6.07) is 26.3. The molecule has 2 aromatic heterocycles. The third kappa shape index (κ3) is 7.21. The van der Waals surface area contributed by atoms with Crippen molar-refractivity contribution < 1.29 is 23.8 Å². The van der Waals surface area contributed by atoms with E-state index < -0.39 is 6.04 Å². The molecule has 5 aromatic rings. The number of benzene rings is 3. The summed E-state index contributed by atoms with van der Waals surface area (Å²) in [6.07, 6.45) is 0.477. The monoisotopic (exact) mass is 682 g/mol. The Morgan fingerprint density at radius 3 is 2.44 bits per heavy atom. The maximum Gasteiger partial charge on any atom is 0.261 e. The molecule has 0 saturated carbocycles. The van der Waals surface area contributed by atoms with Gasteiger partial charge in [-0.15, -0.1) is 21.5 Å². The highest BCUT2D eigenvalue weighted by molar-refractivity contribution is 7.99. The number of ether oxygens (including phenoxy) is 3. The van der Waals surface area contributed by atoms with Crippen LogP contribution in [-0.4, -0.2) is 64.4 Å². The largest absolute Gasteiger partial charge is 0.497 e. The van der Waals surface area contributed by atoms with E-state index in [4.69, 9.17) is 19.3 Å². The first-order valence-electron chi connectivity index (χ1n) is 15.1. The summed E-state index contributed by atoms with van der Waals surface area (Å²) in [5.74, 6) is 2.11. The number of carbonyl (C=O) groups excluding carboxylic acids is 2. The van der Waals surface area contributed by atoms with Crippen LogP contribution in [0.15, 0.2) is 101 Å². The lowest BCUT2D eigenvalue weighted by Crippen LogP contribution is -2.29. The van der Waals surface area contributed by atoms with E-state index in [2.05, 4.69) is 15.5 Å². The lowest BCUT2D eigenvalue weighted by atomic mass is 9.97. The number of hydrogen-bond acceptors (Lipinski definition) is 10. The Hall–Kier alpha value is -5.14. The Morgan fingerprint density at radius 2 is 1.73 bits per heavy atom. The molecule has 0 fully saturated rings. The molecule has 246 valence electrons. The maximum absolute atomic E-state index is 14.0. The standard InChI is InChI=1S/C35H34N6O5S2/c1-44-25-16-14-24(15-17-25)27-19-28(26-11-7-12-29(45-2)33(26)46-3)41(39-27)32(42)22-48-35-38-37-31(20-36-34(43)30-13-8-18-47-30)40(35)21-23-9-5-4-6-10-23/h4-18,28H,19-22H2,1-3H3,(H,36,43)/t28-/m0/s1. The molecule has 48 heavy (non-hydrogen) atoms. The minimum atomic E-state index is -0.425. The van der Waals surface area contributed by atoms with Crippen LogP contribution in [0.3, 0.4) is 0 Å². The van der Waals surface area contributed by atoms with Crippen LogP contribution in [0.2, 0.25) is 0 Å². The number of rotatable bonds is 13. The van der Waals surface area contributed by atoms with Gasteiger partial charge in [0.05, 0.1) is 56.8 Å². The lowest BCUT2D eigenvalue weighted by molar-refractivity contribution is -0.130. The van der Waals surface area contributed by atoms with Gasteiger partial charge in [0.25, 0.3) is 11.8 Å². The van der Waals surface area contributed by atoms with Gasteiger partial charge in [0.1, 0.15) is 5.75 Å². The molecule has 0 bridgehead atoms. The predicted octanol–water partition coefficient (Wildman–Crippen LogP) is 5.81. The van der Waals surface area contributed by atoms with E-state index in [9.17, 15) is 9.59 Å². The average molecular weight is 683 g/mol. The van der Waals surface area contributed by atoms with Crippen LogP contribution in [0.1, 0.15) is 44.6 Å². The van der Waals surface area contributed by atoms with Gasteiger partial charge in [0.15, 0.2) is 22.5 Å². The van der Waals surface area contributed by atoms with Crippen molar-refractivity contribution >= 4 is 40.6 Å². The van der Waals surface area contributed by atoms with Crippen LogP contribution in [0.4, 0.5) is 0 Å². The number of carbonyl (C=O) groups is 2. The lowest BCUT2D eigenvalue weighted by Gasteiger charge is -2.24. The number of methoxy groups -OCH3 is 3. The first-order chi connectivity index (χ1) is 23.5. The van der Waals surface area contributed by atoms with Gasteiger partial charge in [-0.05, 0) is 52.9 Å². The molecular weight excluding hydrogens is 649 g/mol. The molecule has 1 aliphatic heterocycles. The molecule has 13 heteroatoms. The fourth-order valence-corrected chi connectivity index (χ4v) is 6.89. The summed E-state index contributed by atoms with van der Waals surface area (Å²) in [4.78, 5) is 27.3. The van der Waals surface area contributed by atoms with Crippen molar-refractivity contribution in [3.05, 3.63) is 118 Å². The predicted molar refractivity (Wildman–Crippen MR) is 185 cm³/mol. The number of nitrogens with zero attached hydrogens (tertiary/aromatic N) is 5. The van der Waals surface area contributed by atoms with E-state index in [1.807, 2.05) is 88.8 Å². The Balaban J connectivity index is 1.26. The number of thioether (sulfide) groups is 1. The Labute approximate surface area is 286 Å². The van der Waals surface area contributed by atoms with Gasteiger partial charge in [-0.2, -0.15) is 5.10 Å². The molecule has 0 saturated heterocycles. The molecule has 1 atom stereocenters. The van der Waals surface area contributed by atoms with Crippen LogP contribution in [-0.2, 0) is 17.9 Å². The second-order valence-electron chi connectivity index (χ2n) is 10.7. The molecule has 3 heterocycles. The molecule has 1 aliphatic rings. The van der Waals surface area contributed by atoms with Crippen LogP contribution in [0, 0.1) is 0 Å². The first kappa shape index (κ1) is 32.8. The van der Waals surface area contributed by atoms with Crippen LogP contribution >= 0.6 is 23.1 Å². The highest BCUT2D eigenvalue weighted by Gasteiger charge is 2.36. The van der Waals surface area contributed by atoms with Crippen LogP contribution in [0.25, 0.3) is 0 Å². The van der Waals surface area contributed by atoms with Gasteiger partial charge in [-0.3, -0.25) is 9.59 Å². The summed E-state index contributed by atoms with van der Waals surface area (Å²) in [7, 11) is 4.79. The number of para-hydroxylation sites is 1. The van der Waals surface area contributed by atoms with Crippen LogP contribution in [0.5, 0.6) is 17.2 Å². The topological polar surface area (TPSA) is 120 Å². The Kier molecular flexibility index (Phi) is 10.4. The normalized spacial score (nSPS) is 14.0. The molecule has 1 N–H and O–H groups in total. The first-order valence-corrected chi connectivity index (χ1v) is 17.0. The Bertz CT molecular complexity index is 1890. The molecule has 3 aromatic carbocycles. The van der Waals surface area contributed by atoms with Crippen molar-refractivity contribution in [2.24, 2.45) is 5.10 Å². The number of aromatic nitrogens is 3. The number of thiophene rings is 1. The molecule has 0 radical (unpaired) electrons. The van der Waals surface area contributed by atoms with Gasteiger partial charge < -0.3 is 24.1 Å². The molecule has 0 aliphatic carbocycles. The summed E-state index contributed by atoms with van der Waals surface area (Å²) < 4.78 is 18.6. The summed E-state index contributed by atoms with van der Waals surface area (Å²) in [5, 5.41) is 20.6. The minimum Gasteiger partial charge on any atom is -0.497 e. The number of amides is 2. The van der Waals surface area contributed by atoms with E-state index in [1.165, 1.54) is 28.1 Å². The van der Waals surface area contributed by atoms with E-state index >= 15 is 0 Å². The molecule has 0 unspecified atom stereocenters. The van der Waals surface area contributed by atoms with Gasteiger partial charge in [-0.1, -0.05) is 60.3 Å². The fourth-order valence-electron chi connectivity index (χ4n) is 5.44.